The average Bonchev–Trinajstić information content (AvgIpc) is 2.92. The molecule has 0 aliphatic carbocycles. The van der Waals surface area contributed by atoms with Crippen LogP contribution in [0.5, 0.6) is 0 Å². The van der Waals surface area contributed by atoms with E-state index in [9.17, 15) is 19.7 Å². The highest BCUT2D eigenvalue weighted by molar-refractivity contribution is 7.07. The van der Waals surface area contributed by atoms with E-state index in [1.807, 2.05) is 0 Å². The number of benzene rings is 1. The first kappa shape index (κ1) is 16.6. The number of amides is 1. The maximum Gasteiger partial charge on any atom is 0.338 e. The molecule has 1 aromatic carbocycles. The number of non-ortho nitro benzene ring substituents is 1. The minimum atomic E-state index is -0.730. The zero-order valence-corrected chi connectivity index (χ0v) is 13.2. The molecule has 1 amide bonds. The minimum Gasteiger partial charge on any atom is -0.462 e. The number of carbonyl (C=O) groups excluding carboxylic acids is 2. The first-order valence-electron chi connectivity index (χ1n) is 6.58. The van der Waals surface area contributed by atoms with Crippen LogP contribution in [0.1, 0.15) is 27.6 Å². The second-order valence-electron chi connectivity index (χ2n) is 4.46. The van der Waals surface area contributed by atoms with E-state index >= 15 is 0 Å². The van der Waals surface area contributed by atoms with Crippen molar-refractivity contribution in [1.82, 2.24) is 4.57 Å². The minimum absolute atomic E-state index is 0.0457. The molecular formula is C14H13N3O5S. The van der Waals surface area contributed by atoms with Crippen molar-refractivity contribution in [3.05, 3.63) is 55.8 Å². The number of esters is 1. The lowest BCUT2D eigenvalue weighted by Gasteiger charge is -2.03. The van der Waals surface area contributed by atoms with E-state index < -0.39 is 16.8 Å². The van der Waals surface area contributed by atoms with Gasteiger partial charge in [0.15, 0.2) is 4.80 Å². The average molecular weight is 335 g/mol. The van der Waals surface area contributed by atoms with E-state index in [1.54, 1.807) is 30.1 Å². The molecule has 0 saturated heterocycles. The molecule has 2 rings (SSSR count). The Morgan fingerprint density at radius 2 is 2.04 bits per heavy atom. The number of nitrogens with zero attached hydrogens (tertiary/aromatic N) is 3. The number of rotatable bonds is 4. The van der Waals surface area contributed by atoms with E-state index in [0.717, 1.165) is 12.1 Å². The number of hydrogen-bond donors (Lipinski definition) is 0. The van der Waals surface area contributed by atoms with Gasteiger partial charge < -0.3 is 9.30 Å². The Hall–Kier alpha value is -2.81. The van der Waals surface area contributed by atoms with Crippen molar-refractivity contribution in [2.75, 3.05) is 6.61 Å². The number of thiazole rings is 1. The molecule has 0 aliphatic rings. The molecule has 0 N–H and O–H groups in total. The largest absolute Gasteiger partial charge is 0.462 e. The van der Waals surface area contributed by atoms with Crippen LogP contribution in [0.15, 0.2) is 34.8 Å². The summed E-state index contributed by atoms with van der Waals surface area (Å²) in [5.74, 6) is -1.40. The van der Waals surface area contributed by atoms with E-state index in [4.69, 9.17) is 4.74 Å². The van der Waals surface area contributed by atoms with Gasteiger partial charge in [0.1, 0.15) is 0 Å². The molecule has 0 saturated carbocycles. The van der Waals surface area contributed by atoms with Crippen LogP contribution in [0.4, 0.5) is 5.69 Å². The zero-order chi connectivity index (χ0) is 17.0. The molecule has 9 heteroatoms. The van der Waals surface area contributed by atoms with Crippen LogP contribution in [-0.2, 0) is 11.8 Å². The number of aromatic nitrogens is 1. The summed E-state index contributed by atoms with van der Waals surface area (Å²) in [6.07, 6.45) is 1.73. The Balaban J connectivity index is 2.49. The van der Waals surface area contributed by atoms with E-state index in [1.165, 1.54) is 17.4 Å². The van der Waals surface area contributed by atoms with Crippen molar-refractivity contribution in [3.8, 4) is 0 Å². The maximum atomic E-state index is 12.2. The monoisotopic (exact) mass is 335 g/mol. The third-order valence-electron chi connectivity index (χ3n) is 2.84. The van der Waals surface area contributed by atoms with Gasteiger partial charge in [-0.2, -0.15) is 4.99 Å². The fraction of sp³-hybridized carbons (Fsp3) is 0.214. The lowest BCUT2D eigenvalue weighted by molar-refractivity contribution is -0.384. The number of ether oxygens (including phenoxy) is 1. The summed E-state index contributed by atoms with van der Waals surface area (Å²) in [5, 5.41) is 12.7. The maximum absolute atomic E-state index is 12.2. The molecule has 0 atom stereocenters. The number of carbonyl (C=O) groups is 2. The second-order valence-corrected chi connectivity index (χ2v) is 5.33. The van der Waals surface area contributed by atoms with Crippen LogP contribution >= 0.6 is 11.3 Å². The molecule has 0 bridgehead atoms. The van der Waals surface area contributed by atoms with E-state index in [0.29, 0.717) is 4.80 Å². The summed E-state index contributed by atoms with van der Waals surface area (Å²) >= 11 is 1.25. The molecule has 2 aromatic rings. The molecule has 0 spiro atoms. The molecule has 0 radical (unpaired) electrons. The third-order valence-corrected chi connectivity index (χ3v) is 3.69. The number of aryl methyl sites for hydroxylation is 1. The van der Waals surface area contributed by atoms with Crippen LogP contribution in [0.3, 0.4) is 0 Å². The summed E-state index contributed by atoms with van der Waals surface area (Å²) < 4.78 is 6.46. The third kappa shape index (κ3) is 3.89. The summed E-state index contributed by atoms with van der Waals surface area (Å²) in [4.78, 5) is 38.7. The van der Waals surface area contributed by atoms with Gasteiger partial charge in [-0.1, -0.05) is 0 Å². The summed E-state index contributed by atoms with van der Waals surface area (Å²) in [6.45, 7) is 1.74. The van der Waals surface area contributed by atoms with Crippen LogP contribution in [0.25, 0.3) is 0 Å². The van der Waals surface area contributed by atoms with Crippen molar-refractivity contribution in [2.24, 2.45) is 12.0 Å². The van der Waals surface area contributed by atoms with Crippen molar-refractivity contribution in [2.45, 2.75) is 6.92 Å². The van der Waals surface area contributed by atoms with Crippen LogP contribution in [-0.4, -0.2) is 28.0 Å². The van der Waals surface area contributed by atoms with Gasteiger partial charge in [-0.05, 0) is 13.0 Å². The standard InChI is InChI=1S/C14H13N3O5S/c1-3-22-13(19)10-6-9(7-11(8-10)17(20)21)12(18)15-14-16(2)4-5-23-14/h4-8H,3H2,1-2H3. The Kier molecular flexibility index (Phi) is 5.02. The Morgan fingerprint density at radius 1 is 1.35 bits per heavy atom. The highest BCUT2D eigenvalue weighted by Crippen LogP contribution is 2.19. The SMILES string of the molecule is CCOC(=O)c1cc(C(=O)N=c2sccn2C)cc([N+](=O)[O-])c1. The van der Waals surface area contributed by atoms with E-state index in [-0.39, 0.29) is 23.4 Å². The molecule has 8 nitrogen and oxygen atoms in total. The molecule has 120 valence electrons. The van der Waals surface area contributed by atoms with Gasteiger partial charge in [0.05, 0.1) is 17.1 Å². The van der Waals surface area contributed by atoms with Crippen LogP contribution in [0.2, 0.25) is 0 Å². The predicted molar refractivity (Wildman–Crippen MR) is 82.2 cm³/mol. The highest BCUT2D eigenvalue weighted by Gasteiger charge is 2.18. The molecule has 1 heterocycles. The molecule has 0 fully saturated rings. The van der Waals surface area contributed by atoms with Crippen LogP contribution in [0, 0.1) is 10.1 Å². The lowest BCUT2D eigenvalue weighted by Crippen LogP contribution is -2.13. The first-order chi connectivity index (χ1) is 10.9. The lowest BCUT2D eigenvalue weighted by atomic mass is 10.1. The molecule has 0 unspecified atom stereocenters. The van der Waals surface area contributed by atoms with Gasteiger partial charge in [-0.25, -0.2) is 4.79 Å². The van der Waals surface area contributed by atoms with E-state index in [2.05, 4.69) is 4.99 Å². The highest BCUT2D eigenvalue weighted by atomic mass is 32.1. The number of hydrogen-bond acceptors (Lipinski definition) is 6. The first-order valence-corrected chi connectivity index (χ1v) is 7.46. The van der Waals surface area contributed by atoms with Gasteiger partial charge >= 0.3 is 5.97 Å². The van der Waals surface area contributed by atoms with Gasteiger partial charge in [0.2, 0.25) is 0 Å². The number of nitro groups is 1. The Morgan fingerprint density at radius 3 is 2.61 bits per heavy atom. The van der Waals surface area contributed by atoms with Crippen molar-refractivity contribution < 1.29 is 19.2 Å². The van der Waals surface area contributed by atoms with Gasteiger partial charge in [0, 0.05) is 36.3 Å². The predicted octanol–water partition coefficient (Wildman–Crippen LogP) is 1.91. The van der Waals surface area contributed by atoms with Crippen molar-refractivity contribution in [3.63, 3.8) is 0 Å². The zero-order valence-electron chi connectivity index (χ0n) is 12.4. The Labute approximate surface area is 134 Å². The second kappa shape index (κ2) is 6.97. The smallest absolute Gasteiger partial charge is 0.338 e. The van der Waals surface area contributed by atoms with Gasteiger partial charge in [0.25, 0.3) is 11.6 Å². The molecule has 1 aromatic heterocycles. The Bertz CT molecular complexity index is 837. The fourth-order valence-corrected chi connectivity index (χ4v) is 2.49. The topological polar surface area (TPSA) is 104 Å². The molecule has 23 heavy (non-hydrogen) atoms. The van der Waals surface area contributed by atoms with Crippen LogP contribution < -0.4 is 4.80 Å². The number of nitro benzene ring substituents is 1. The molecule has 0 aliphatic heterocycles. The van der Waals surface area contributed by atoms with Gasteiger partial charge in [-0.3, -0.25) is 14.9 Å². The summed E-state index contributed by atoms with van der Waals surface area (Å²) in [7, 11) is 1.72. The quantitative estimate of drug-likeness (QED) is 0.482. The fourth-order valence-electron chi connectivity index (χ4n) is 1.76. The summed E-state index contributed by atoms with van der Waals surface area (Å²) in [5.41, 5.74) is -0.476. The van der Waals surface area contributed by atoms with Crippen molar-refractivity contribution >= 4 is 28.9 Å². The van der Waals surface area contributed by atoms with Crippen molar-refractivity contribution in [1.29, 1.82) is 0 Å². The van der Waals surface area contributed by atoms with Gasteiger partial charge in [-0.15, -0.1) is 11.3 Å². The summed E-state index contributed by atoms with van der Waals surface area (Å²) in [6, 6.07) is 3.40. The normalized spacial score (nSPS) is 11.3. The molecular weight excluding hydrogens is 322 g/mol.